The van der Waals surface area contributed by atoms with Gasteiger partial charge in [0, 0.05) is 31.9 Å². The number of para-hydroxylation sites is 2. The van der Waals surface area contributed by atoms with Crippen molar-refractivity contribution < 1.29 is 14.2 Å². The van der Waals surface area contributed by atoms with E-state index in [1.807, 2.05) is 60.7 Å². The van der Waals surface area contributed by atoms with E-state index >= 15 is 0 Å². The van der Waals surface area contributed by atoms with Crippen LogP contribution in [0.2, 0.25) is 0 Å². The van der Waals surface area contributed by atoms with Gasteiger partial charge < -0.3 is 24.8 Å². The smallest absolute Gasteiger partial charge is 0.224 e. The average molecular weight is 562 g/mol. The summed E-state index contributed by atoms with van der Waals surface area (Å²) in [4.78, 5) is 8.72. The second-order valence-electron chi connectivity index (χ2n) is 6.99. The Balaban J connectivity index is 0.00000385. The molecule has 0 unspecified atom stereocenters. The van der Waals surface area contributed by atoms with Crippen molar-refractivity contribution in [2.75, 3.05) is 20.8 Å². The van der Waals surface area contributed by atoms with Gasteiger partial charge in [-0.3, -0.25) is 4.99 Å². The molecule has 33 heavy (non-hydrogen) atoms. The van der Waals surface area contributed by atoms with E-state index in [1.165, 1.54) is 0 Å². The van der Waals surface area contributed by atoms with Gasteiger partial charge in [0.1, 0.15) is 5.75 Å². The molecule has 1 heterocycles. The standard InChI is InChI=1S/C25H30N4O3.HI/c1-4-16-31-22-9-5-6-10-23(22)32-24-20(8-7-15-27-24)18-29-25(26-2)28-17-19-11-13-21(30-3)14-12-19;/h5-15H,4,16-18H2,1-3H3,(H2,26,28,29);1H. The Morgan fingerprint density at radius 1 is 0.939 bits per heavy atom. The lowest BCUT2D eigenvalue weighted by atomic mass is 10.2. The number of aromatic nitrogens is 1. The van der Waals surface area contributed by atoms with Crippen LogP contribution in [0.3, 0.4) is 0 Å². The number of rotatable bonds is 10. The molecule has 0 amide bonds. The van der Waals surface area contributed by atoms with Crippen LogP contribution in [0.5, 0.6) is 23.1 Å². The largest absolute Gasteiger partial charge is 0.497 e. The zero-order chi connectivity index (χ0) is 22.6. The van der Waals surface area contributed by atoms with Crippen molar-refractivity contribution in [2.24, 2.45) is 4.99 Å². The van der Waals surface area contributed by atoms with Gasteiger partial charge in [0.05, 0.1) is 13.7 Å². The van der Waals surface area contributed by atoms with E-state index in [4.69, 9.17) is 14.2 Å². The van der Waals surface area contributed by atoms with Crippen molar-refractivity contribution in [3.05, 3.63) is 78.0 Å². The molecule has 0 aliphatic rings. The molecule has 176 valence electrons. The molecule has 0 bridgehead atoms. The summed E-state index contributed by atoms with van der Waals surface area (Å²) in [6, 6.07) is 19.4. The number of ether oxygens (including phenoxy) is 3. The summed E-state index contributed by atoms with van der Waals surface area (Å²) < 4.78 is 17.1. The van der Waals surface area contributed by atoms with Crippen LogP contribution >= 0.6 is 24.0 Å². The van der Waals surface area contributed by atoms with Gasteiger partial charge in [-0.15, -0.1) is 24.0 Å². The molecule has 0 aliphatic heterocycles. The van der Waals surface area contributed by atoms with E-state index in [-0.39, 0.29) is 24.0 Å². The summed E-state index contributed by atoms with van der Waals surface area (Å²) in [7, 11) is 3.40. The SMILES string of the molecule is CCCOc1ccccc1Oc1ncccc1CNC(=NC)NCc1ccc(OC)cc1.I. The number of hydrogen-bond acceptors (Lipinski definition) is 5. The molecule has 0 spiro atoms. The summed E-state index contributed by atoms with van der Waals surface area (Å²) >= 11 is 0. The highest BCUT2D eigenvalue weighted by Crippen LogP contribution is 2.31. The summed E-state index contributed by atoms with van der Waals surface area (Å²) in [5.41, 5.74) is 2.04. The van der Waals surface area contributed by atoms with Gasteiger partial charge in [0.25, 0.3) is 0 Å². The Bertz CT molecular complexity index is 1010. The first-order valence-corrected chi connectivity index (χ1v) is 10.6. The molecule has 2 aromatic carbocycles. The van der Waals surface area contributed by atoms with E-state index < -0.39 is 0 Å². The third-order valence-corrected chi connectivity index (χ3v) is 4.66. The van der Waals surface area contributed by atoms with E-state index in [0.717, 1.165) is 23.3 Å². The molecule has 0 saturated heterocycles. The number of aliphatic imine (C=N–C) groups is 1. The monoisotopic (exact) mass is 562 g/mol. The Kier molecular flexibility index (Phi) is 11.3. The fourth-order valence-electron chi connectivity index (χ4n) is 2.95. The highest BCUT2D eigenvalue weighted by molar-refractivity contribution is 14.0. The Morgan fingerprint density at radius 3 is 2.36 bits per heavy atom. The normalized spacial score (nSPS) is 10.7. The van der Waals surface area contributed by atoms with Crippen molar-refractivity contribution in [2.45, 2.75) is 26.4 Å². The summed E-state index contributed by atoms with van der Waals surface area (Å²) in [5.74, 6) is 3.39. The summed E-state index contributed by atoms with van der Waals surface area (Å²) in [5, 5.41) is 6.63. The lowest BCUT2D eigenvalue weighted by Crippen LogP contribution is -2.36. The molecule has 7 nitrogen and oxygen atoms in total. The molecule has 2 N–H and O–H groups in total. The van der Waals surface area contributed by atoms with Crippen molar-refractivity contribution in [3.8, 4) is 23.1 Å². The minimum absolute atomic E-state index is 0. The number of benzene rings is 2. The van der Waals surface area contributed by atoms with Gasteiger partial charge in [-0.1, -0.05) is 37.3 Å². The zero-order valence-electron chi connectivity index (χ0n) is 19.2. The zero-order valence-corrected chi connectivity index (χ0v) is 21.5. The van der Waals surface area contributed by atoms with E-state index in [0.29, 0.717) is 43.0 Å². The van der Waals surface area contributed by atoms with Crippen LogP contribution in [-0.2, 0) is 13.1 Å². The van der Waals surface area contributed by atoms with Crippen molar-refractivity contribution in [3.63, 3.8) is 0 Å². The van der Waals surface area contributed by atoms with Gasteiger partial charge in [0.2, 0.25) is 5.88 Å². The Morgan fingerprint density at radius 2 is 1.67 bits per heavy atom. The maximum atomic E-state index is 6.11. The third kappa shape index (κ3) is 8.12. The highest BCUT2D eigenvalue weighted by Gasteiger charge is 2.11. The summed E-state index contributed by atoms with van der Waals surface area (Å²) in [6.45, 7) is 3.85. The van der Waals surface area contributed by atoms with Crippen LogP contribution < -0.4 is 24.8 Å². The number of guanidine groups is 1. The molecular formula is C25H31IN4O3. The highest BCUT2D eigenvalue weighted by atomic mass is 127. The van der Waals surface area contributed by atoms with Gasteiger partial charge >= 0.3 is 0 Å². The minimum Gasteiger partial charge on any atom is -0.497 e. The average Bonchev–Trinajstić information content (AvgIpc) is 2.85. The van der Waals surface area contributed by atoms with Gasteiger partial charge in [-0.2, -0.15) is 0 Å². The number of pyridine rings is 1. The number of nitrogens with zero attached hydrogens (tertiary/aromatic N) is 2. The van der Waals surface area contributed by atoms with Crippen LogP contribution in [0.1, 0.15) is 24.5 Å². The van der Waals surface area contributed by atoms with Crippen LogP contribution in [0, 0.1) is 0 Å². The van der Waals surface area contributed by atoms with Crippen molar-refractivity contribution in [1.82, 2.24) is 15.6 Å². The number of nitrogens with one attached hydrogen (secondary N) is 2. The summed E-state index contributed by atoms with van der Waals surface area (Å²) in [6.07, 6.45) is 2.64. The topological polar surface area (TPSA) is 77.0 Å². The molecule has 3 aromatic rings. The molecule has 1 aromatic heterocycles. The van der Waals surface area contributed by atoms with Crippen molar-refractivity contribution in [1.29, 1.82) is 0 Å². The second kappa shape index (κ2) is 14.2. The Hall–Kier alpha value is -3.01. The predicted molar refractivity (Wildman–Crippen MR) is 142 cm³/mol. The van der Waals surface area contributed by atoms with E-state index in [2.05, 4.69) is 27.5 Å². The lowest BCUT2D eigenvalue weighted by Gasteiger charge is -2.15. The van der Waals surface area contributed by atoms with Crippen LogP contribution in [-0.4, -0.2) is 31.7 Å². The number of halogens is 1. The maximum absolute atomic E-state index is 6.11. The van der Waals surface area contributed by atoms with Crippen LogP contribution in [0.25, 0.3) is 0 Å². The molecule has 0 atom stereocenters. The molecule has 0 radical (unpaired) electrons. The van der Waals surface area contributed by atoms with E-state index in [9.17, 15) is 0 Å². The predicted octanol–water partition coefficient (Wildman–Crippen LogP) is 5.15. The number of methoxy groups -OCH3 is 1. The minimum atomic E-state index is 0. The fraction of sp³-hybridized carbons (Fsp3) is 0.280. The van der Waals surface area contributed by atoms with Gasteiger partial charge in [-0.05, 0) is 42.3 Å². The second-order valence-corrected chi connectivity index (χ2v) is 6.99. The molecule has 3 rings (SSSR count). The quantitative estimate of drug-likeness (QED) is 0.202. The lowest BCUT2D eigenvalue weighted by molar-refractivity contribution is 0.300. The third-order valence-electron chi connectivity index (χ3n) is 4.66. The number of hydrogen-bond donors (Lipinski definition) is 2. The first-order chi connectivity index (χ1) is 15.7. The molecule has 8 heteroatoms. The van der Waals surface area contributed by atoms with Gasteiger partial charge in [-0.25, -0.2) is 4.98 Å². The van der Waals surface area contributed by atoms with Gasteiger partial charge in [0.15, 0.2) is 17.5 Å². The van der Waals surface area contributed by atoms with Crippen LogP contribution in [0.15, 0.2) is 71.9 Å². The molecule has 0 fully saturated rings. The first kappa shape index (κ1) is 26.2. The maximum Gasteiger partial charge on any atom is 0.224 e. The van der Waals surface area contributed by atoms with E-state index in [1.54, 1.807) is 20.4 Å². The molecule has 0 saturated carbocycles. The molecular weight excluding hydrogens is 531 g/mol. The molecule has 0 aliphatic carbocycles. The first-order valence-electron chi connectivity index (χ1n) is 10.6. The van der Waals surface area contributed by atoms with Crippen LogP contribution in [0.4, 0.5) is 0 Å². The fourth-order valence-corrected chi connectivity index (χ4v) is 2.95. The van der Waals surface area contributed by atoms with Crippen molar-refractivity contribution >= 4 is 29.9 Å². The Labute approximate surface area is 212 Å².